The predicted octanol–water partition coefficient (Wildman–Crippen LogP) is 3.86. The SMILES string of the molecule is CC(C)c1nnc(SCC(=O)NCCCOCc2ccccc2)n1Cc1ccco1. The molecule has 1 N–H and O–H groups in total. The number of carbonyl (C=O) groups is 1. The molecule has 0 fully saturated rings. The Labute approximate surface area is 181 Å². The standard InChI is InChI=1S/C22H28N4O3S/c1-17(2)21-24-25-22(26(21)14-19-10-6-13-29-19)30-16-20(27)23-11-7-12-28-15-18-8-4-3-5-9-18/h3-6,8-10,13,17H,7,11-12,14-16H2,1-2H3,(H,23,27). The fourth-order valence-corrected chi connectivity index (χ4v) is 3.66. The Morgan fingerprint density at radius 2 is 2.03 bits per heavy atom. The second kappa shape index (κ2) is 11.6. The Kier molecular flexibility index (Phi) is 8.53. The fraction of sp³-hybridized carbons (Fsp3) is 0.409. The molecule has 0 unspecified atom stereocenters. The third-order valence-electron chi connectivity index (χ3n) is 4.39. The Bertz CT molecular complexity index is 895. The van der Waals surface area contributed by atoms with Crippen molar-refractivity contribution in [3.8, 4) is 0 Å². The molecule has 1 aromatic carbocycles. The van der Waals surface area contributed by atoms with Crippen LogP contribution in [0.4, 0.5) is 0 Å². The van der Waals surface area contributed by atoms with Crippen molar-refractivity contribution in [1.82, 2.24) is 20.1 Å². The highest BCUT2D eigenvalue weighted by molar-refractivity contribution is 7.99. The molecular weight excluding hydrogens is 400 g/mol. The molecule has 0 saturated carbocycles. The minimum atomic E-state index is -0.0262. The molecule has 0 aliphatic carbocycles. The Balaban J connectivity index is 1.39. The maximum Gasteiger partial charge on any atom is 0.230 e. The van der Waals surface area contributed by atoms with Crippen molar-refractivity contribution in [2.24, 2.45) is 0 Å². The van der Waals surface area contributed by atoms with Gasteiger partial charge in [0, 0.05) is 19.1 Å². The van der Waals surface area contributed by atoms with E-state index in [0.29, 0.717) is 32.1 Å². The number of hydrogen-bond donors (Lipinski definition) is 1. The number of rotatable bonds is 12. The third kappa shape index (κ3) is 6.74. The van der Waals surface area contributed by atoms with Crippen molar-refractivity contribution in [3.05, 3.63) is 65.9 Å². The molecule has 30 heavy (non-hydrogen) atoms. The molecule has 2 aromatic heterocycles. The van der Waals surface area contributed by atoms with Crippen LogP contribution in [0.3, 0.4) is 0 Å². The lowest BCUT2D eigenvalue weighted by Gasteiger charge is -2.10. The smallest absolute Gasteiger partial charge is 0.230 e. The Hall–Kier alpha value is -2.58. The molecule has 2 heterocycles. The quantitative estimate of drug-likeness (QED) is 0.348. The summed E-state index contributed by atoms with van der Waals surface area (Å²) in [5, 5.41) is 12.2. The van der Waals surface area contributed by atoms with Gasteiger partial charge in [-0.05, 0) is 24.1 Å². The lowest BCUT2D eigenvalue weighted by molar-refractivity contribution is -0.118. The number of nitrogens with zero attached hydrogens (tertiary/aromatic N) is 3. The normalized spacial score (nSPS) is 11.2. The zero-order valence-corrected chi connectivity index (χ0v) is 18.2. The van der Waals surface area contributed by atoms with Gasteiger partial charge in [0.05, 0.1) is 25.2 Å². The van der Waals surface area contributed by atoms with Crippen molar-refractivity contribution >= 4 is 17.7 Å². The lowest BCUT2D eigenvalue weighted by atomic mass is 10.2. The van der Waals surface area contributed by atoms with Crippen LogP contribution in [0.15, 0.2) is 58.3 Å². The van der Waals surface area contributed by atoms with Crippen LogP contribution < -0.4 is 5.32 Å². The highest BCUT2D eigenvalue weighted by Gasteiger charge is 2.17. The summed E-state index contributed by atoms with van der Waals surface area (Å²) in [5.74, 6) is 2.20. The van der Waals surface area contributed by atoms with Crippen molar-refractivity contribution in [2.45, 2.75) is 44.5 Å². The van der Waals surface area contributed by atoms with Gasteiger partial charge in [0.1, 0.15) is 11.6 Å². The summed E-state index contributed by atoms with van der Waals surface area (Å²) < 4.78 is 13.1. The average molecular weight is 429 g/mol. The molecule has 8 heteroatoms. The fourth-order valence-electron chi connectivity index (χ4n) is 2.89. The van der Waals surface area contributed by atoms with E-state index in [2.05, 4.69) is 29.4 Å². The highest BCUT2D eigenvalue weighted by atomic mass is 32.2. The van der Waals surface area contributed by atoms with Gasteiger partial charge < -0.3 is 14.5 Å². The van der Waals surface area contributed by atoms with Crippen LogP contribution in [0, 0.1) is 0 Å². The number of ether oxygens (including phenoxy) is 1. The molecule has 0 radical (unpaired) electrons. The number of thioether (sulfide) groups is 1. The maximum absolute atomic E-state index is 12.2. The van der Waals surface area contributed by atoms with Crippen LogP contribution >= 0.6 is 11.8 Å². The van der Waals surface area contributed by atoms with Crippen molar-refractivity contribution in [2.75, 3.05) is 18.9 Å². The van der Waals surface area contributed by atoms with Gasteiger partial charge in [0.15, 0.2) is 5.16 Å². The monoisotopic (exact) mass is 428 g/mol. The molecule has 0 saturated heterocycles. The van der Waals surface area contributed by atoms with Crippen molar-refractivity contribution < 1.29 is 13.9 Å². The summed E-state index contributed by atoms with van der Waals surface area (Å²) in [4.78, 5) is 12.2. The minimum Gasteiger partial charge on any atom is -0.467 e. The van der Waals surface area contributed by atoms with Crippen molar-refractivity contribution in [1.29, 1.82) is 0 Å². The largest absolute Gasteiger partial charge is 0.467 e. The first kappa shape index (κ1) is 22.1. The van der Waals surface area contributed by atoms with E-state index in [1.54, 1.807) is 6.26 Å². The van der Waals surface area contributed by atoms with E-state index in [0.717, 1.165) is 28.7 Å². The molecule has 3 aromatic rings. The molecular formula is C22H28N4O3S. The van der Waals surface area contributed by atoms with Crippen LogP contribution in [-0.2, 0) is 22.7 Å². The van der Waals surface area contributed by atoms with E-state index >= 15 is 0 Å². The molecule has 0 spiro atoms. The molecule has 0 aliphatic rings. The summed E-state index contributed by atoms with van der Waals surface area (Å²) in [5.41, 5.74) is 1.15. The first-order valence-corrected chi connectivity index (χ1v) is 11.1. The number of nitrogens with one attached hydrogen (secondary N) is 1. The van der Waals surface area contributed by atoms with Gasteiger partial charge in [0.25, 0.3) is 0 Å². The van der Waals surface area contributed by atoms with Gasteiger partial charge >= 0.3 is 0 Å². The molecule has 3 rings (SSSR count). The molecule has 0 bridgehead atoms. The lowest BCUT2D eigenvalue weighted by Crippen LogP contribution is -2.27. The molecule has 0 atom stereocenters. The molecule has 1 amide bonds. The average Bonchev–Trinajstić information content (AvgIpc) is 3.40. The minimum absolute atomic E-state index is 0.0262. The number of hydrogen-bond acceptors (Lipinski definition) is 6. The van der Waals surface area contributed by atoms with Gasteiger partial charge in [-0.2, -0.15) is 0 Å². The van der Waals surface area contributed by atoms with E-state index in [-0.39, 0.29) is 11.8 Å². The zero-order valence-electron chi connectivity index (χ0n) is 17.4. The van der Waals surface area contributed by atoms with Gasteiger partial charge in [-0.1, -0.05) is 55.9 Å². The number of benzene rings is 1. The van der Waals surface area contributed by atoms with Crippen LogP contribution in [-0.4, -0.2) is 39.6 Å². The molecule has 160 valence electrons. The number of furan rings is 1. The van der Waals surface area contributed by atoms with Crippen LogP contribution in [0.5, 0.6) is 0 Å². The van der Waals surface area contributed by atoms with Crippen LogP contribution in [0.2, 0.25) is 0 Å². The Morgan fingerprint density at radius 1 is 1.20 bits per heavy atom. The van der Waals surface area contributed by atoms with E-state index < -0.39 is 0 Å². The van der Waals surface area contributed by atoms with E-state index in [9.17, 15) is 4.79 Å². The first-order chi connectivity index (χ1) is 14.6. The summed E-state index contributed by atoms with van der Waals surface area (Å²) >= 11 is 1.39. The number of aromatic nitrogens is 3. The Morgan fingerprint density at radius 3 is 2.77 bits per heavy atom. The van der Waals surface area contributed by atoms with Crippen molar-refractivity contribution in [3.63, 3.8) is 0 Å². The van der Waals surface area contributed by atoms with Crippen LogP contribution in [0.25, 0.3) is 0 Å². The van der Waals surface area contributed by atoms with Gasteiger partial charge in [-0.15, -0.1) is 10.2 Å². The molecule has 7 nitrogen and oxygen atoms in total. The van der Waals surface area contributed by atoms with E-state index in [1.165, 1.54) is 11.8 Å². The zero-order chi connectivity index (χ0) is 21.2. The topological polar surface area (TPSA) is 82.2 Å². The maximum atomic E-state index is 12.2. The number of carbonyl (C=O) groups excluding carboxylic acids is 1. The van der Waals surface area contributed by atoms with E-state index in [1.807, 2.05) is 47.0 Å². The summed E-state index contributed by atoms with van der Waals surface area (Å²) in [6.45, 7) is 6.49. The van der Waals surface area contributed by atoms with E-state index in [4.69, 9.17) is 9.15 Å². The van der Waals surface area contributed by atoms with Gasteiger partial charge in [0.2, 0.25) is 5.91 Å². The first-order valence-electron chi connectivity index (χ1n) is 10.1. The van der Waals surface area contributed by atoms with Crippen LogP contribution in [0.1, 0.15) is 43.3 Å². The van der Waals surface area contributed by atoms with Gasteiger partial charge in [-0.3, -0.25) is 9.36 Å². The molecule has 0 aliphatic heterocycles. The highest BCUT2D eigenvalue weighted by Crippen LogP contribution is 2.22. The van der Waals surface area contributed by atoms with Gasteiger partial charge in [-0.25, -0.2) is 0 Å². The second-order valence-electron chi connectivity index (χ2n) is 7.19. The number of amides is 1. The summed E-state index contributed by atoms with van der Waals surface area (Å²) in [6, 6.07) is 13.8. The second-order valence-corrected chi connectivity index (χ2v) is 8.13. The third-order valence-corrected chi connectivity index (χ3v) is 5.35. The summed E-state index contributed by atoms with van der Waals surface area (Å²) in [7, 11) is 0. The predicted molar refractivity (Wildman–Crippen MR) is 116 cm³/mol. The summed E-state index contributed by atoms with van der Waals surface area (Å²) in [6.07, 6.45) is 2.42.